The number of carbonyl (C=O) groups is 7. The van der Waals surface area contributed by atoms with Gasteiger partial charge in [0.05, 0.1) is 38.1 Å². The average Bonchev–Trinajstić information content (AvgIpc) is 3.37. The first-order valence-electron chi connectivity index (χ1n) is 28.2. The zero-order chi connectivity index (χ0) is 53.7. The molecule has 0 N–H and O–H groups in total. The molecular formula is C56H104N2O13S. The highest BCUT2D eigenvalue weighted by Gasteiger charge is 2.21. The van der Waals surface area contributed by atoms with Crippen molar-refractivity contribution in [1.82, 2.24) is 9.80 Å². The summed E-state index contributed by atoms with van der Waals surface area (Å²) in [7, 11) is 3.88. The number of esters is 5. The van der Waals surface area contributed by atoms with Crippen LogP contribution in [-0.4, -0.2) is 137 Å². The van der Waals surface area contributed by atoms with Gasteiger partial charge < -0.3 is 43.0 Å². The van der Waals surface area contributed by atoms with Gasteiger partial charge in [0.25, 0.3) is 5.24 Å². The summed E-state index contributed by atoms with van der Waals surface area (Å²) in [4.78, 5) is 88.6. The first-order valence-corrected chi connectivity index (χ1v) is 29.1. The second-order valence-corrected chi connectivity index (χ2v) is 20.3. The third-order valence-corrected chi connectivity index (χ3v) is 12.9. The fourth-order valence-electron chi connectivity index (χ4n) is 7.44. The van der Waals surface area contributed by atoms with Crippen molar-refractivity contribution in [3.05, 3.63) is 0 Å². The third-order valence-electron chi connectivity index (χ3n) is 12.0. The molecule has 0 fully saturated rings. The largest absolute Gasteiger partial charge is 0.465 e. The highest BCUT2D eigenvalue weighted by molar-refractivity contribution is 8.13. The van der Waals surface area contributed by atoms with Gasteiger partial charge in [0.15, 0.2) is 0 Å². The van der Waals surface area contributed by atoms with Gasteiger partial charge in [-0.25, -0.2) is 0 Å². The van der Waals surface area contributed by atoms with Crippen LogP contribution >= 0.6 is 11.8 Å². The Kier molecular flexibility index (Phi) is 53.2. The lowest BCUT2D eigenvalue weighted by Gasteiger charge is -2.23. The van der Waals surface area contributed by atoms with Crippen molar-refractivity contribution in [3.63, 3.8) is 0 Å². The lowest BCUT2D eigenvalue weighted by atomic mass is 10.1. The van der Waals surface area contributed by atoms with Crippen LogP contribution in [-0.2, 0) is 57.2 Å². The fourth-order valence-corrected chi connectivity index (χ4v) is 8.43. The van der Waals surface area contributed by atoms with Gasteiger partial charge in [0.1, 0.15) is 26.6 Å². The summed E-state index contributed by atoms with van der Waals surface area (Å²) in [6.07, 6.45) is 27.2. The van der Waals surface area contributed by atoms with Crippen LogP contribution in [0.3, 0.4) is 0 Å². The number of nitrogens with zero attached hydrogens (tertiary/aromatic N) is 2. The number of hydrogen-bond donors (Lipinski definition) is 0. The Morgan fingerprint density at radius 1 is 0.389 bits per heavy atom. The second kappa shape index (κ2) is 54.0. The van der Waals surface area contributed by atoms with Crippen molar-refractivity contribution < 1.29 is 62.0 Å². The maximum atomic E-state index is 13.4. The van der Waals surface area contributed by atoms with Crippen LogP contribution in [0.15, 0.2) is 0 Å². The molecule has 0 saturated heterocycles. The highest BCUT2D eigenvalue weighted by atomic mass is 32.2. The van der Waals surface area contributed by atoms with Gasteiger partial charge in [0.2, 0.25) is 0 Å². The third kappa shape index (κ3) is 49.0. The minimum absolute atomic E-state index is 0.0382. The number of amides is 1. The topological polar surface area (TPSA) is 181 Å². The minimum atomic E-state index is -0.529. The molecule has 1 amide bonds. The second-order valence-electron chi connectivity index (χ2n) is 19.3. The van der Waals surface area contributed by atoms with Gasteiger partial charge in [-0.1, -0.05) is 168 Å². The quantitative estimate of drug-likeness (QED) is 0.0318. The molecular weight excluding hydrogens is 941 g/mol. The molecule has 0 radical (unpaired) electrons. The number of thioether (sulfide) groups is 1. The number of unbranched alkanes of at least 4 members (excludes halogenated alkanes) is 20. The number of ether oxygens (including phenoxy) is 6. The Bertz CT molecular complexity index is 1260. The molecule has 0 heterocycles. The lowest BCUT2D eigenvalue weighted by Crippen LogP contribution is -2.33. The predicted molar refractivity (Wildman–Crippen MR) is 289 cm³/mol. The van der Waals surface area contributed by atoms with E-state index in [2.05, 4.69) is 27.7 Å². The van der Waals surface area contributed by atoms with Crippen molar-refractivity contribution >= 4 is 53.6 Å². The van der Waals surface area contributed by atoms with E-state index in [0.717, 1.165) is 103 Å². The van der Waals surface area contributed by atoms with Crippen molar-refractivity contribution in [2.45, 2.75) is 220 Å². The summed E-state index contributed by atoms with van der Waals surface area (Å²) >= 11 is 1.19. The zero-order valence-corrected chi connectivity index (χ0v) is 47.3. The van der Waals surface area contributed by atoms with E-state index in [0.29, 0.717) is 57.6 Å². The summed E-state index contributed by atoms with van der Waals surface area (Å²) in [5, 5.41) is -0.158. The number of carbonyl (C=O) groups excluding carboxylic acids is 7. The first-order chi connectivity index (χ1) is 34.9. The van der Waals surface area contributed by atoms with Gasteiger partial charge in [-0.15, -0.1) is 0 Å². The van der Waals surface area contributed by atoms with E-state index >= 15 is 0 Å². The Labute approximate surface area is 441 Å². The van der Waals surface area contributed by atoms with Gasteiger partial charge in [-0.2, -0.15) is 0 Å². The summed E-state index contributed by atoms with van der Waals surface area (Å²) in [5.41, 5.74) is 0. The molecule has 0 unspecified atom stereocenters. The smallest absolute Gasteiger partial charge is 0.307 e. The van der Waals surface area contributed by atoms with E-state index in [4.69, 9.17) is 33.2 Å². The van der Waals surface area contributed by atoms with Crippen LogP contribution in [0.5, 0.6) is 0 Å². The molecule has 0 saturated carbocycles. The Balaban J connectivity index is 0. The molecule has 15 nitrogen and oxygen atoms in total. The molecule has 0 atom stereocenters. The lowest BCUT2D eigenvalue weighted by molar-refractivity contribution is -0.154. The Morgan fingerprint density at radius 3 is 1.03 bits per heavy atom. The standard InChI is InChI=1S/C55H102N2O12S.CH2O/c1-7-11-15-19-23-27-32-50(58)65-43-48(44-66-51(59)33-28-24-20-16-12-8-2)42-64-40-31-37-57(55(63)70-41-39-56(5)6)38-36-54(62)69-47-49(45-67-52(60)34-29-25-21-17-13-9-3)46-68-53(61)35-30-26-22-18-14-10-4;1-2/h48-49H,7-47H2,1-6H3;1H2. The number of hydrogen-bond acceptors (Lipinski definition) is 15. The normalized spacial score (nSPS) is 11.1. The maximum absolute atomic E-state index is 13.4. The summed E-state index contributed by atoms with van der Waals surface area (Å²) < 4.78 is 34.0. The maximum Gasteiger partial charge on any atom is 0.307 e. The molecule has 0 rings (SSSR count). The average molecular weight is 1050 g/mol. The molecule has 16 heteroatoms. The van der Waals surface area contributed by atoms with E-state index in [1.165, 1.54) is 63.1 Å². The highest BCUT2D eigenvalue weighted by Crippen LogP contribution is 2.15. The van der Waals surface area contributed by atoms with Gasteiger partial charge in [-0.3, -0.25) is 28.8 Å². The number of rotatable bonds is 50. The Morgan fingerprint density at radius 2 is 0.694 bits per heavy atom. The van der Waals surface area contributed by atoms with Crippen molar-refractivity contribution in [1.29, 1.82) is 0 Å². The zero-order valence-electron chi connectivity index (χ0n) is 46.5. The van der Waals surface area contributed by atoms with Crippen LogP contribution in [0.25, 0.3) is 0 Å². The van der Waals surface area contributed by atoms with Crippen LogP contribution < -0.4 is 0 Å². The van der Waals surface area contributed by atoms with Crippen LogP contribution in [0.4, 0.5) is 4.79 Å². The summed E-state index contributed by atoms with van der Waals surface area (Å²) in [6.45, 7) is 12.3. The van der Waals surface area contributed by atoms with Crippen molar-refractivity contribution in [2.75, 3.05) is 85.7 Å². The van der Waals surface area contributed by atoms with E-state index in [9.17, 15) is 28.8 Å². The van der Waals surface area contributed by atoms with E-state index < -0.39 is 11.9 Å². The van der Waals surface area contributed by atoms with Crippen molar-refractivity contribution in [3.8, 4) is 0 Å². The molecule has 422 valence electrons. The molecule has 0 aliphatic rings. The first kappa shape index (κ1) is 70.8. The van der Waals surface area contributed by atoms with E-state index in [1.54, 1.807) is 4.90 Å². The molecule has 0 aromatic carbocycles. The molecule has 0 aromatic heterocycles. The summed E-state index contributed by atoms with van der Waals surface area (Å²) in [6, 6.07) is 0. The van der Waals surface area contributed by atoms with E-state index in [1.807, 2.05) is 25.8 Å². The van der Waals surface area contributed by atoms with Gasteiger partial charge in [-0.05, 0) is 46.2 Å². The fraction of sp³-hybridized carbons (Fsp3) is 0.875. The molecule has 0 aliphatic carbocycles. The predicted octanol–water partition coefficient (Wildman–Crippen LogP) is 12.3. The Hall–Kier alpha value is -3.24. The van der Waals surface area contributed by atoms with Gasteiger partial charge >= 0.3 is 29.8 Å². The molecule has 0 aliphatic heterocycles. The molecule has 0 bridgehead atoms. The SMILES string of the molecule is C=O.CCCCCCCCC(=O)OCC(COCCCN(CCC(=O)OCC(COC(=O)CCCCCCCC)COC(=O)CCCCCCCC)C(=O)SCCN(C)C)COC(=O)CCCCCCCC. The van der Waals surface area contributed by atoms with Crippen LogP contribution in [0.2, 0.25) is 0 Å². The van der Waals surface area contributed by atoms with Gasteiger partial charge in [0, 0.05) is 57.7 Å². The van der Waals surface area contributed by atoms with Crippen molar-refractivity contribution in [2.24, 2.45) is 11.8 Å². The monoisotopic (exact) mass is 1040 g/mol. The minimum Gasteiger partial charge on any atom is -0.465 e. The van der Waals surface area contributed by atoms with Crippen LogP contribution in [0, 0.1) is 11.8 Å². The summed E-state index contributed by atoms with van der Waals surface area (Å²) in [5.74, 6) is -1.99. The van der Waals surface area contributed by atoms with Crippen LogP contribution in [0.1, 0.15) is 220 Å². The van der Waals surface area contributed by atoms with E-state index in [-0.39, 0.29) is 87.6 Å². The molecule has 72 heavy (non-hydrogen) atoms. The molecule has 0 spiro atoms. The molecule has 0 aromatic rings.